The second-order valence-electron chi connectivity index (χ2n) is 9.37. The van der Waals surface area contributed by atoms with Gasteiger partial charge in [0.25, 0.3) is 0 Å². The summed E-state index contributed by atoms with van der Waals surface area (Å²) in [5.41, 5.74) is 1.55. The van der Waals surface area contributed by atoms with Crippen LogP contribution < -0.4 is 14.2 Å². The molecule has 3 aromatic rings. The Labute approximate surface area is 270 Å². The Morgan fingerprint density at radius 1 is 0.681 bits per heavy atom. The molecule has 3 rings (SSSR count). The summed E-state index contributed by atoms with van der Waals surface area (Å²) in [6, 6.07) is 16.7. The van der Waals surface area contributed by atoms with Crippen molar-refractivity contribution in [3.05, 3.63) is 127 Å². The molecule has 0 radical (unpaired) electrons. The van der Waals surface area contributed by atoms with E-state index >= 15 is 0 Å². The summed E-state index contributed by atoms with van der Waals surface area (Å²) < 4.78 is 31.4. The van der Waals surface area contributed by atoms with E-state index in [1.807, 2.05) is 0 Å². The predicted octanol–water partition coefficient (Wildman–Crippen LogP) is 4.60. The highest BCUT2D eigenvalue weighted by atomic mass is 16.6. The Bertz CT molecular complexity index is 1640. The minimum absolute atomic E-state index is 0.0379. The van der Waals surface area contributed by atoms with Gasteiger partial charge in [-0.3, -0.25) is 0 Å². The summed E-state index contributed by atoms with van der Waals surface area (Å²) in [7, 11) is 0. The first-order chi connectivity index (χ1) is 22.6. The van der Waals surface area contributed by atoms with Gasteiger partial charge >= 0.3 is 29.8 Å². The summed E-state index contributed by atoms with van der Waals surface area (Å²) in [6.45, 7) is 9.60. The fraction of sp³-hybridized carbons (Fsp3) is 0.143. The van der Waals surface area contributed by atoms with Crippen molar-refractivity contribution in [1.29, 1.82) is 5.41 Å². The van der Waals surface area contributed by atoms with Crippen LogP contribution in [0.4, 0.5) is 0 Å². The Balaban J connectivity index is 1.50. The summed E-state index contributed by atoms with van der Waals surface area (Å²) in [5, 5.41) is 7.74. The molecule has 0 saturated carbocycles. The lowest BCUT2D eigenvalue weighted by Crippen LogP contribution is -2.30. The lowest BCUT2D eigenvalue weighted by Gasteiger charge is -2.17. The second kappa shape index (κ2) is 17.9. The minimum Gasteiger partial charge on any atom is -0.490 e. The van der Waals surface area contributed by atoms with Crippen molar-refractivity contribution in [3.63, 3.8) is 0 Å². The molecule has 12 heteroatoms. The number of ether oxygens (including phenoxy) is 6. The zero-order valence-electron chi connectivity index (χ0n) is 25.2. The van der Waals surface area contributed by atoms with E-state index in [2.05, 4.69) is 19.7 Å². The molecule has 0 spiro atoms. The zero-order chi connectivity index (χ0) is 34.2. The van der Waals surface area contributed by atoms with Crippen LogP contribution in [-0.2, 0) is 35.0 Å². The molecule has 1 atom stereocenters. The Morgan fingerprint density at radius 2 is 1.30 bits per heavy atom. The number of carbonyl (C=O) groups excluding carboxylic acids is 5. The summed E-state index contributed by atoms with van der Waals surface area (Å²) in [6.07, 6.45) is 3.43. The number of hydrogen-bond acceptors (Lipinski definition) is 12. The SMILES string of the molecule is C=CC(=O)OCC(COc1ccc(C(=O)OCCc2ccc(OC(=O)c3ccc(OC(=O)C=C)cc3)c(C=N)c2)cc1)OC(=O)C=C. The molecule has 0 bridgehead atoms. The standard InChI is InChI=1S/C35H31NO11/c1-4-31(37)44-22-29(46-33(39)6-3)21-43-27-12-8-24(9-13-27)34(40)42-18-17-23-7-16-30(26(19-23)20-36)47-35(41)25-10-14-28(15-11-25)45-32(38)5-2/h4-16,19-20,29,36H,1-3,17-18,21-22H2. The van der Waals surface area contributed by atoms with Crippen molar-refractivity contribution in [2.75, 3.05) is 19.8 Å². The molecule has 0 aliphatic rings. The highest BCUT2D eigenvalue weighted by Crippen LogP contribution is 2.22. The zero-order valence-corrected chi connectivity index (χ0v) is 25.2. The van der Waals surface area contributed by atoms with Crippen LogP contribution in [0.15, 0.2) is 105 Å². The van der Waals surface area contributed by atoms with Crippen LogP contribution in [0.2, 0.25) is 0 Å². The molecule has 242 valence electrons. The molecule has 0 heterocycles. The maximum atomic E-state index is 12.6. The molecule has 12 nitrogen and oxygen atoms in total. The third kappa shape index (κ3) is 11.3. The molecular weight excluding hydrogens is 610 g/mol. The maximum absolute atomic E-state index is 12.6. The van der Waals surface area contributed by atoms with Crippen LogP contribution in [0.3, 0.4) is 0 Å². The number of rotatable bonds is 17. The second-order valence-corrected chi connectivity index (χ2v) is 9.37. The maximum Gasteiger partial charge on any atom is 0.343 e. The minimum atomic E-state index is -0.905. The monoisotopic (exact) mass is 641 g/mol. The average molecular weight is 642 g/mol. The summed E-state index contributed by atoms with van der Waals surface area (Å²) >= 11 is 0. The van der Waals surface area contributed by atoms with Crippen LogP contribution in [-0.4, -0.2) is 62.0 Å². The van der Waals surface area contributed by atoms with Gasteiger partial charge in [0, 0.05) is 36.4 Å². The first-order valence-electron chi connectivity index (χ1n) is 14.0. The van der Waals surface area contributed by atoms with Crippen molar-refractivity contribution >= 4 is 36.1 Å². The van der Waals surface area contributed by atoms with E-state index in [-0.39, 0.29) is 42.4 Å². The van der Waals surface area contributed by atoms with Gasteiger partial charge in [-0.1, -0.05) is 25.8 Å². The Kier molecular flexibility index (Phi) is 13.4. The molecule has 1 unspecified atom stereocenters. The van der Waals surface area contributed by atoms with Crippen LogP contribution in [0, 0.1) is 5.41 Å². The van der Waals surface area contributed by atoms with Crippen LogP contribution in [0.25, 0.3) is 0 Å². The third-order valence-electron chi connectivity index (χ3n) is 6.08. The molecule has 0 aromatic heterocycles. The molecule has 3 aromatic carbocycles. The van der Waals surface area contributed by atoms with Crippen molar-refractivity contribution in [2.45, 2.75) is 12.5 Å². The topological polar surface area (TPSA) is 165 Å². The molecule has 0 saturated heterocycles. The van der Waals surface area contributed by atoms with Gasteiger partial charge in [0.1, 0.15) is 30.5 Å². The lowest BCUT2D eigenvalue weighted by atomic mass is 10.1. The number of esters is 5. The first-order valence-corrected chi connectivity index (χ1v) is 14.0. The van der Waals surface area contributed by atoms with Crippen molar-refractivity contribution in [3.8, 4) is 17.2 Å². The molecule has 0 fully saturated rings. The molecule has 47 heavy (non-hydrogen) atoms. The van der Waals surface area contributed by atoms with E-state index in [4.69, 9.17) is 33.8 Å². The Hall–Kier alpha value is -6.30. The van der Waals surface area contributed by atoms with E-state index < -0.39 is 36.0 Å². The van der Waals surface area contributed by atoms with E-state index in [0.717, 1.165) is 30.0 Å². The van der Waals surface area contributed by atoms with E-state index in [1.54, 1.807) is 18.2 Å². The van der Waals surface area contributed by atoms with Crippen LogP contribution >= 0.6 is 0 Å². The van der Waals surface area contributed by atoms with Gasteiger partial charge in [-0.05, 0) is 66.2 Å². The van der Waals surface area contributed by atoms with Gasteiger partial charge in [0.05, 0.1) is 17.7 Å². The predicted molar refractivity (Wildman–Crippen MR) is 169 cm³/mol. The van der Waals surface area contributed by atoms with E-state index in [0.29, 0.717) is 17.7 Å². The number of benzene rings is 3. The molecule has 0 aliphatic carbocycles. The van der Waals surface area contributed by atoms with Gasteiger partial charge in [0.15, 0.2) is 6.10 Å². The smallest absolute Gasteiger partial charge is 0.343 e. The highest BCUT2D eigenvalue weighted by Gasteiger charge is 2.17. The van der Waals surface area contributed by atoms with Crippen molar-refractivity contribution in [2.24, 2.45) is 0 Å². The van der Waals surface area contributed by atoms with Crippen molar-refractivity contribution < 1.29 is 52.4 Å². The quantitative estimate of drug-likeness (QED) is 0.0720. The third-order valence-corrected chi connectivity index (χ3v) is 6.08. The molecule has 0 aliphatic heterocycles. The summed E-state index contributed by atoms with van der Waals surface area (Å²) in [5.74, 6) is -2.50. The van der Waals surface area contributed by atoms with Gasteiger partial charge in [-0.15, -0.1) is 0 Å². The summed E-state index contributed by atoms with van der Waals surface area (Å²) in [4.78, 5) is 59.4. The number of nitrogens with one attached hydrogen (secondary N) is 1. The normalized spacial score (nSPS) is 10.7. The molecular formula is C35H31NO11. The fourth-order valence-electron chi connectivity index (χ4n) is 3.72. The van der Waals surface area contributed by atoms with Crippen LogP contribution in [0.5, 0.6) is 17.2 Å². The van der Waals surface area contributed by atoms with Gasteiger partial charge < -0.3 is 33.8 Å². The average Bonchev–Trinajstić information content (AvgIpc) is 3.09. The van der Waals surface area contributed by atoms with Gasteiger partial charge in [-0.25, -0.2) is 24.0 Å². The van der Waals surface area contributed by atoms with Crippen molar-refractivity contribution in [1.82, 2.24) is 0 Å². The van der Waals surface area contributed by atoms with Crippen LogP contribution in [0.1, 0.15) is 31.8 Å². The number of hydrogen-bond donors (Lipinski definition) is 1. The Morgan fingerprint density at radius 3 is 1.91 bits per heavy atom. The largest absolute Gasteiger partial charge is 0.490 e. The number of carbonyl (C=O) groups is 5. The van der Waals surface area contributed by atoms with E-state index in [1.165, 1.54) is 48.5 Å². The molecule has 1 N–H and O–H groups in total. The highest BCUT2D eigenvalue weighted by molar-refractivity contribution is 5.93. The first kappa shape index (κ1) is 35.2. The molecule has 0 amide bonds. The fourth-order valence-corrected chi connectivity index (χ4v) is 3.72. The van der Waals surface area contributed by atoms with E-state index in [9.17, 15) is 24.0 Å². The van der Waals surface area contributed by atoms with Gasteiger partial charge in [0.2, 0.25) is 0 Å². The van der Waals surface area contributed by atoms with Gasteiger partial charge in [-0.2, -0.15) is 0 Å². The lowest BCUT2D eigenvalue weighted by molar-refractivity contribution is -0.154.